The number of carbonyl (C=O) groups excluding carboxylic acids is 1. The summed E-state index contributed by atoms with van der Waals surface area (Å²) in [6.07, 6.45) is 5.99. The van der Waals surface area contributed by atoms with Crippen LogP contribution in [0.1, 0.15) is 31.2 Å². The molecule has 1 atom stereocenters. The normalized spacial score (nSPS) is 22.8. The molecule has 1 aromatic carbocycles. The van der Waals surface area contributed by atoms with Gasteiger partial charge in [0.2, 0.25) is 0 Å². The Labute approximate surface area is 159 Å². The van der Waals surface area contributed by atoms with Crippen LogP contribution in [-0.2, 0) is 10.2 Å². The molecule has 1 N–H and O–H groups in total. The van der Waals surface area contributed by atoms with E-state index in [1.54, 1.807) is 12.1 Å². The van der Waals surface area contributed by atoms with Crippen LogP contribution in [0.5, 0.6) is 0 Å². The second-order valence-electron chi connectivity index (χ2n) is 7.47. The number of benzene rings is 1. The molecule has 2 aliphatic heterocycles. The quantitative estimate of drug-likeness (QED) is 0.848. The number of piperidine rings is 1. The lowest BCUT2D eigenvalue weighted by atomic mass is 9.74. The molecule has 2 saturated heterocycles. The summed E-state index contributed by atoms with van der Waals surface area (Å²) in [6.45, 7) is 3.48. The van der Waals surface area contributed by atoms with Crippen molar-refractivity contribution in [1.29, 1.82) is 0 Å². The van der Waals surface area contributed by atoms with Crippen LogP contribution in [0.4, 0.5) is 9.18 Å². The van der Waals surface area contributed by atoms with Gasteiger partial charge in [-0.05, 0) is 61.3 Å². The number of thioether (sulfide) groups is 1. The van der Waals surface area contributed by atoms with E-state index in [0.717, 1.165) is 43.7 Å². The summed E-state index contributed by atoms with van der Waals surface area (Å²) in [7, 11) is 0. The third-order valence-corrected chi connectivity index (χ3v) is 6.48. The van der Waals surface area contributed by atoms with Crippen LogP contribution in [0.2, 0.25) is 0 Å². The Kier molecular flexibility index (Phi) is 6.81. The SMILES string of the molecule is CSC[C@@H]1CCCN(C(=O)NCC2(c3cccc(F)c3)CCOCC2)C1. The first-order valence-corrected chi connectivity index (χ1v) is 10.9. The number of hydrogen-bond donors (Lipinski definition) is 1. The van der Waals surface area contributed by atoms with Gasteiger partial charge >= 0.3 is 6.03 Å². The first kappa shape index (κ1) is 19.5. The number of ether oxygens (including phenoxy) is 1. The summed E-state index contributed by atoms with van der Waals surface area (Å²) >= 11 is 1.85. The largest absolute Gasteiger partial charge is 0.381 e. The van der Waals surface area contributed by atoms with E-state index in [9.17, 15) is 9.18 Å². The lowest BCUT2D eigenvalue weighted by Crippen LogP contribution is -2.51. The van der Waals surface area contributed by atoms with Gasteiger partial charge in [-0.15, -0.1) is 0 Å². The highest BCUT2D eigenvalue weighted by atomic mass is 32.2. The van der Waals surface area contributed by atoms with Gasteiger partial charge in [0.25, 0.3) is 0 Å². The van der Waals surface area contributed by atoms with E-state index in [0.29, 0.717) is 25.7 Å². The van der Waals surface area contributed by atoms with Crippen LogP contribution in [-0.4, -0.2) is 55.8 Å². The van der Waals surface area contributed by atoms with Crippen molar-refractivity contribution >= 4 is 17.8 Å². The van der Waals surface area contributed by atoms with E-state index in [4.69, 9.17) is 4.74 Å². The first-order valence-electron chi connectivity index (χ1n) is 9.48. The molecule has 1 aromatic rings. The van der Waals surface area contributed by atoms with Crippen molar-refractivity contribution in [3.05, 3.63) is 35.6 Å². The molecular weight excluding hydrogens is 351 g/mol. The zero-order chi connectivity index (χ0) is 18.4. The molecule has 0 radical (unpaired) electrons. The minimum absolute atomic E-state index is 0.0121. The van der Waals surface area contributed by atoms with Gasteiger partial charge in [-0.1, -0.05) is 12.1 Å². The Balaban J connectivity index is 1.65. The van der Waals surface area contributed by atoms with Gasteiger partial charge < -0.3 is 15.0 Å². The van der Waals surface area contributed by atoms with Gasteiger partial charge in [0.15, 0.2) is 0 Å². The third-order valence-electron chi connectivity index (χ3n) is 5.67. The maximum Gasteiger partial charge on any atom is 0.317 e. The summed E-state index contributed by atoms with van der Waals surface area (Å²) in [5.74, 6) is 1.47. The molecule has 2 heterocycles. The smallest absolute Gasteiger partial charge is 0.317 e. The van der Waals surface area contributed by atoms with Crippen molar-refractivity contribution in [2.24, 2.45) is 5.92 Å². The van der Waals surface area contributed by atoms with Crippen LogP contribution >= 0.6 is 11.8 Å². The second kappa shape index (κ2) is 9.09. The van der Waals surface area contributed by atoms with Crippen molar-refractivity contribution in [1.82, 2.24) is 10.2 Å². The number of amides is 2. The molecule has 0 saturated carbocycles. The van der Waals surface area contributed by atoms with Crippen LogP contribution in [0.15, 0.2) is 24.3 Å². The first-order chi connectivity index (χ1) is 12.6. The van der Waals surface area contributed by atoms with Crippen LogP contribution in [0.25, 0.3) is 0 Å². The number of urea groups is 1. The number of nitrogens with one attached hydrogen (secondary N) is 1. The van der Waals surface area contributed by atoms with Gasteiger partial charge in [0.05, 0.1) is 0 Å². The number of nitrogens with zero attached hydrogens (tertiary/aromatic N) is 1. The van der Waals surface area contributed by atoms with Gasteiger partial charge in [0.1, 0.15) is 5.82 Å². The van der Waals surface area contributed by atoms with E-state index in [1.807, 2.05) is 22.7 Å². The summed E-state index contributed by atoms with van der Waals surface area (Å²) in [5.41, 5.74) is 0.713. The van der Waals surface area contributed by atoms with Crippen LogP contribution in [0, 0.1) is 11.7 Å². The molecular formula is C20H29FN2O2S. The Morgan fingerprint density at radius 2 is 2.23 bits per heavy atom. The number of likely N-dealkylation sites (tertiary alicyclic amines) is 1. The Hall–Kier alpha value is -1.27. The number of halogens is 1. The van der Waals surface area contributed by atoms with Crippen molar-refractivity contribution < 1.29 is 13.9 Å². The second-order valence-corrected chi connectivity index (χ2v) is 8.38. The monoisotopic (exact) mass is 380 g/mol. The Morgan fingerprint density at radius 3 is 2.96 bits per heavy atom. The zero-order valence-electron chi connectivity index (χ0n) is 15.5. The highest BCUT2D eigenvalue weighted by molar-refractivity contribution is 7.98. The highest BCUT2D eigenvalue weighted by Crippen LogP contribution is 2.34. The van der Waals surface area contributed by atoms with Gasteiger partial charge in [-0.3, -0.25) is 0 Å². The molecule has 2 amide bonds. The van der Waals surface area contributed by atoms with Gasteiger partial charge in [0, 0.05) is 38.3 Å². The average Bonchev–Trinajstić information content (AvgIpc) is 2.67. The minimum atomic E-state index is -0.246. The maximum atomic E-state index is 13.8. The number of hydrogen-bond acceptors (Lipinski definition) is 3. The van der Waals surface area contributed by atoms with E-state index in [1.165, 1.54) is 12.5 Å². The average molecular weight is 381 g/mol. The standard InChI is InChI=1S/C20H29FN2O2S/c1-26-14-16-4-3-9-23(13-16)19(24)22-15-20(7-10-25-11-8-20)17-5-2-6-18(21)12-17/h2,5-6,12,16H,3-4,7-11,13-15H2,1H3,(H,22,24)/t16-/m1/s1. The van der Waals surface area contributed by atoms with Crippen molar-refractivity contribution in [2.75, 3.05) is 44.9 Å². The summed E-state index contributed by atoms with van der Waals surface area (Å²) in [4.78, 5) is 14.7. The highest BCUT2D eigenvalue weighted by Gasteiger charge is 2.36. The van der Waals surface area contributed by atoms with Crippen LogP contribution in [0.3, 0.4) is 0 Å². The molecule has 2 fully saturated rings. The predicted molar refractivity (Wildman–Crippen MR) is 104 cm³/mol. The van der Waals surface area contributed by atoms with Crippen molar-refractivity contribution in [3.8, 4) is 0 Å². The zero-order valence-corrected chi connectivity index (χ0v) is 16.3. The fraction of sp³-hybridized carbons (Fsp3) is 0.650. The molecule has 0 spiro atoms. The molecule has 0 bridgehead atoms. The summed E-state index contributed by atoms with van der Waals surface area (Å²) < 4.78 is 19.3. The Bertz CT molecular complexity index is 605. The molecule has 2 aliphatic rings. The summed E-state index contributed by atoms with van der Waals surface area (Å²) in [5, 5.41) is 3.15. The Morgan fingerprint density at radius 1 is 1.42 bits per heavy atom. The predicted octanol–water partition coefficient (Wildman–Crippen LogP) is 3.66. The van der Waals surface area contributed by atoms with Crippen LogP contribution < -0.4 is 5.32 Å². The minimum Gasteiger partial charge on any atom is -0.381 e. The van der Waals surface area contributed by atoms with Crippen molar-refractivity contribution in [3.63, 3.8) is 0 Å². The molecule has 26 heavy (non-hydrogen) atoms. The number of rotatable bonds is 5. The van der Waals surface area contributed by atoms with Gasteiger partial charge in [-0.2, -0.15) is 11.8 Å². The molecule has 4 nitrogen and oxygen atoms in total. The summed E-state index contributed by atoms with van der Waals surface area (Å²) in [6, 6.07) is 6.80. The fourth-order valence-electron chi connectivity index (χ4n) is 4.13. The van der Waals surface area contributed by atoms with E-state index in [-0.39, 0.29) is 17.3 Å². The molecule has 6 heteroatoms. The lowest BCUT2D eigenvalue weighted by Gasteiger charge is -2.39. The lowest BCUT2D eigenvalue weighted by molar-refractivity contribution is 0.0498. The molecule has 0 unspecified atom stereocenters. The topological polar surface area (TPSA) is 41.6 Å². The van der Waals surface area contributed by atoms with E-state index in [2.05, 4.69) is 11.6 Å². The molecule has 144 valence electrons. The van der Waals surface area contributed by atoms with Crippen molar-refractivity contribution in [2.45, 2.75) is 31.1 Å². The number of carbonyl (C=O) groups is 1. The molecule has 0 aliphatic carbocycles. The van der Waals surface area contributed by atoms with Gasteiger partial charge in [-0.25, -0.2) is 9.18 Å². The van der Waals surface area contributed by atoms with E-state index >= 15 is 0 Å². The molecule has 0 aromatic heterocycles. The molecule has 3 rings (SSSR count). The van der Waals surface area contributed by atoms with E-state index < -0.39 is 0 Å². The maximum absolute atomic E-state index is 13.8. The fourth-order valence-corrected chi connectivity index (χ4v) is 4.87. The third kappa shape index (κ3) is 4.71.